The van der Waals surface area contributed by atoms with Gasteiger partial charge in [0, 0.05) is 6.04 Å². The molecular weight excluding hydrogens is 281 g/mol. The van der Waals surface area contributed by atoms with Gasteiger partial charge in [-0.2, -0.15) is 17.5 Å². The van der Waals surface area contributed by atoms with E-state index >= 15 is 0 Å². The Bertz CT molecular complexity index is 376. The first-order valence-corrected chi connectivity index (χ1v) is 8.00. The SMILES string of the molecule is CC(C)N(CC(F)(F)F)S(=O)(=O)CC1CCCNC1. The second-order valence-corrected chi connectivity index (χ2v) is 7.21. The van der Waals surface area contributed by atoms with Crippen LogP contribution in [-0.2, 0) is 10.0 Å². The van der Waals surface area contributed by atoms with Crippen molar-refractivity contribution in [3.63, 3.8) is 0 Å². The summed E-state index contributed by atoms with van der Waals surface area (Å²) in [5.41, 5.74) is 0. The minimum absolute atomic E-state index is 0.103. The quantitative estimate of drug-likeness (QED) is 0.839. The zero-order valence-corrected chi connectivity index (χ0v) is 12.0. The molecule has 1 rings (SSSR count). The minimum atomic E-state index is -4.51. The van der Waals surface area contributed by atoms with Crippen LogP contribution in [-0.4, -0.2) is 50.3 Å². The van der Waals surface area contributed by atoms with E-state index in [1.807, 2.05) is 0 Å². The molecule has 8 heteroatoms. The maximum Gasteiger partial charge on any atom is 0.402 e. The standard InChI is InChI=1S/C11H21F3N2O2S/c1-9(2)16(8-11(12,13)14)19(17,18)7-10-4-3-5-15-6-10/h9-10,15H,3-8H2,1-2H3. The van der Waals surface area contributed by atoms with E-state index in [9.17, 15) is 21.6 Å². The van der Waals surface area contributed by atoms with Gasteiger partial charge in [0.05, 0.1) is 5.75 Å². The highest BCUT2D eigenvalue weighted by atomic mass is 32.2. The van der Waals surface area contributed by atoms with Gasteiger partial charge in [0.15, 0.2) is 0 Å². The maximum atomic E-state index is 12.5. The molecular formula is C11H21F3N2O2S. The van der Waals surface area contributed by atoms with Gasteiger partial charge in [-0.3, -0.25) is 0 Å². The fourth-order valence-electron chi connectivity index (χ4n) is 2.24. The molecule has 0 saturated carbocycles. The Labute approximate surface area is 112 Å². The van der Waals surface area contributed by atoms with Crippen LogP contribution < -0.4 is 5.32 Å². The van der Waals surface area contributed by atoms with Crippen LogP contribution in [0.1, 0.15) is 26.7 Å². The smallest absolute Gasteiger partial charge is 0.316 e. The number of halogens is 3. The van der Waals surface area contributed by atoms with Gasteiger partial charge >= 0.3 is 6.18 Å². The highest BCUT2D eigenvalue weighted by Gasteiger charge is 2.38. The molecule has 0 aromatic carbocycles. The molecule has 0 aromatic rings. The number of hydrogen-bond acceptors (Lipinski definition) is 3. The predicted octanol–water partition coefficient (Wildman–Crippen LogP) is 1.59. The van der Waals surface area contributed by atoms with Crippen LogP contribution in [0.25, 0.3) is 0 Å². The van der Waals surface area contributed by atoms with Gasteiger partial charge in [-0.15, -0.1) is 0 Å². The van der Waals surface area contributed by atoms with E-state index < -0.39 is 28.8 Å². The van der Waals surface area contributed by atoms with Gasteiger partial charge in [-0.05, 0) is 45.7 Å². The Hall–Kier alpha value is -0.340. The number of alkyl halides is 3. The molecule has 1 aliphatic heterocycles. The molecule has 19 heavy (non-hydrogen) atoms. The summed E-state index contributed by atoms with van der Waals surface area (Å²) in [5, 5.41) is 3.07. The van der Waals surface area contributed by atoms with Crippen molar-refractivity contribution in [2.45, 2.75) is 38.9 Å². The second-order valence-electron chi connectivity index (χ2n) is 5.25. The Kier molecular flexibility index (Phi) is 5.64. The molecule has 114 valence electrons. The molecule has 0 aliphatic carbocycles. The van der Waals surface area contributed by atoms with Crippen LogP contribution in [0.3, 0.4) is 0 Å². The minimum Gasteiger partial charge on any atom is -0.316 e. The molecule has 0 bridgehead atoms. The molecule has 1 N–H and O–H groups in total. The predicted molar refractivity (Wildman–Crippen MR) is 67.3 cm³/mol. The first-order chi connectivity index (χ1) is 8.62. The van der Waals surface area contributed by atoms with Gasteiger partial charge in [-0.25, -0.2) is 8.42 Å². The zero-order valence-electron chi connectivity index (χ0n) is 11.2. The summed E-state index contributed by atoms with van der Waals surface area (Å²) < 4.78 is 62.2. The van der Waals surface area contributed by atoms with Crippen molar-refractivity contribution in [2.75, 3.05) is 25.4 Å². The Morgan fingerprint density at radius 3 is 2.42 bits per heavy atom. The van der Waals surface area contributed by atoms with Crippen molar-refractivity contribution in [1.82, 2.24) is 9.62 Å². The van der Waals surface area contributed by atoms with Gasteiger partial charge in [0.2, 0.25) is 10.0 Å². The number of hydrogen-bond donors (Lipinski definition) is 1. The Morgan fingerprint density at radius 1 is 1.37 bits per heavy atom. The van der Waals surface area contributed by atoms with E-state index in [1.54, 1.807) is 0 Å². The van der Waals surface area contributed by atoms with E-state index in [-0.39, 0.29) is 11.7 Å². The van der Waals surface area contributed by atoms with E-state index in [0.29, 0.717) is 10.8 Å². The van der Waals surface area contributed by atoms with Crippen molar-refractivity contribution < 1.29 is 21.6 Å². The lowest BCUT2D eigenvalue weighted by atomic mass is 10.0. The average Bonchev–Trinajstić information content (AvgIpc) is 2.25. The first kappa shape index (κ1) is 16.7. The van der Waals surface area contributed by atoms with E-state index in [1.165, 1.54) is 13.8 Å². The van der Waals surface area contributed by atoms with Crippen LogP contribution in [0.15, 0.2) is 0 Å². The summed E-state index contributed by atoms with van der Waals surface area (Å²) in [5.74, 6) is -0.318. The molecule has 0 radical (unpaired) electrons. The van der Waals surface area contributed by atoms with Gasteiger partial charge < -0.3 is 5.32 Å². The molecule has 1 fully saturated rings. The first-order valence-electron chi connectivity index (χ1n) is 6.39. The largest absolute Gasteiger partial charge is 0.402 e. The number of nitrogens with zero attached hydrogens (tertiary/aromatic N) is 1. The number of piperidine rings is 1. The fraction of sp³-hybridized carbons (Fsp3) is 1.00. The lowest BCUT2D eigenvalue weighted by Gasteiger charge is -2.30. The summed E-state index contributed by atoms with van der Waals surface area (Å²) >= 11 is 0. The highest BCUT2D eigenvalue weighted by molar-refractivity contribution is 7.89. The summed E-state index contributed by atoms with van der Waals surface area (Å²) in [7, 11) is -3.88. The van der Waals surface area contributed by atoms with Gasteiger partial charge in [0.1, 0.15) is 6.54 Å². The summed E-state index contributed by atoms with van der Waals surface area (Å²) in [6, 6.07) is -0.692. The van der Waals surface area contributed by atoms with Crippen LogP contribution >= 0.6 is 0 Å². The third kappa shape index (κ3) is 5.66. The number of rotatable bonds is 5. The molecule has 1 saturated heterocycles. The highest BCUT2D eigenvalue weighted by Crippen LogP contribution is 2.23. The van der Waals surface area contributed by atoms with E-state index in [4.69, 9.17) is 0 Å². The van der Waals surface area contributed by atoms with Gasteiger partial charge in [0.25, 0.3) is 0 Å². The summed E-state index contributed by atoms with van der Waals surface area (Å²) in [6.07, 6.45) is -2.91. The second kappa shape index (κ2) is 6.41. The number of sulfonamides is 1. The molecule has 0 aromatic heterocycles. The van der Waals surface area contributed by atoms with Crippen molar-refractivity contribution in [2.24, 2.45) is 5.92 Å². The van der Waals surface area contributed by atoms with E-state index in [2.05, 4.69) is 5.32 Å². The maximum absolute atomic E-state index is 12.5. The topological polar surface area (TPSA) is 49.4 Å². The molecule has 1 unspecified atom stereocenters. The monoisotopic (exact) mass is 302 g/mol. The van der Waals surface area contributed by atoms with Gasteiger partial charge in [-0.1, -0.05) is 0 Å². The molecule has 4 nitrogen and oxygen atoms in total. The Balaban J connectivity index is 2.75. The zero-order chi connectivity index (χ0) is 14.7. The van der Waals surface area contributed by atoms with Crippen LogP contribution in [0.4, 0.5) is 13.2 Å². The fourth-order valence-corrected chi connectivity index (χ4v) is 4.30. The summed E-state index contributed by atoms with van der Waals surface area (Å²) in [6.45, 7) is 2.90. The van der Waals surface area contributed by atoms with Crippen LogP contribution in [0.5, 0.6) is 0 Å². The molecule has 0 amide bonds. The lowest BCUT2D eigenvalue weighted by molar-refractivity contribution is -0.138. The number of nitrogens with one attached hydrogen (secondary N) is 1. The third-order valence-corrected chi connectivity index (χ3v) is 5.27. The molecule has 1 aliphatic rings. The molecule has 0 spiro atoms. The van der Waals surface area contributed by atoms with Crippen molar-refractivity contribution in [1.29, 1.82) is 0 Å². The lowest BCUT2D eigenvalue weighted by Crippen LogP contribution is -2.46. The van der Waals surface area contributed by atoms with E-state index in [0.717, 1.165) is 19.4 Å². The van der Waals surface area contributed by atoms with Crippen LogP contribution in [0, 0.1) is 5.92 Å². The molecule has 1 atom stereocenters. The van der Waals surface area contributed by atoms with Crippen molar-refractivity contribution in [3.05, 3.63) is 0 Å². The average molecular weight is 302 g/mol. The normalized spacial score (nSPS) is 22.2. The Morgan fingerprint density at radius 2 is 2.00 bits per heavy atom. The van der Waals surface area contributed by atoms with Crippen LogP contribution in [0.2, 0.25) is 0 Å². The van der Waals surface area contributed by atoms with Crippen molar-refractivity contribution >= 4 is 10.0 Å². The third-order valence-electron chi connectivity index (χ3n) is 3.11. The summed E-state index contributed by atoms with van der Waals surface area (Å²) in [4.78, 5) is 0. The molecule has 1 heterocycles. The van der Waals surface area contributed by atoms with Crippen molar-refractivity contribution in [3.8, 4) is 0 Å².